The Morgan fingerprint density at radius 2 is 1.77 bits per heavy atom. The van der Waals surface area contributed by atoms with E-state index in [1.165, 1.54) is 37.5 Å². The summed E-state index contributed by atoms with van der Waals surface area (Å²) in [5, 5.41) is 61.6. The number of ether oxygens (including phenoxy) is 6. The lowest BCUT2D eigenvalue weighted by Gasteiger charge is -2.45. The zero-order chi connectivity index (χ0) is 28.5. The highest BCUT2D eigenvalue weighted by Gasteiger charge is 2.81. The van der Waals surface area contributed by atoms with Gasteiger partial charge in [0.05, 0.1) is 43.1 Å². The first-order valence-electron chi connectivity index (χ1n) is 12.6. The van der Waals surface area contributed by atoms with Crippen LogP contribution in [0.5, 0.6) is 5.75 Å². The van der Waals surface area contributed by atoms with Gasteiger partial charge in [-0.25, -0.2) is 9.59 Å². The van der Waals surface area contributed by atoms with Gasteiger partial charge >= 0.3 is 11.9 Å². The number of phenols is 1. The Hall–Kier alpha value is -3.08. The SMILES string of the molecule is COC(=O)C1=COC(O[C@@H]2O[C@H](CO)[C@@H](O)[C@H](O)[C@H]2O)C2C1[C@@H]1O[C@@H]1[C@]21OC(=O)/C(=C/c2ccc(O)cc2)[C@H]1O. The molecule has 5 aliphatic rings. The molecule has 0 bridgehead atoms. The Kier molecular flexibility index (Phi) is 6.63. The van der Waals surface area contributed by atoms with Crippen LogP contribution < -0.4 is 0 Å². The van der Waals surface area contributed by atoms with Crippen LogP contribution in [0.3, 0.4) is 0 Å². The van der Waals surface area contributed by atoms with Crippen LogP contribution in [0.1, 0.15) is 5.56 Å². The number of hydrogen-bond donors (Lipinski definition) is 6. The summed E-state index contributed by atoms with van der Waals surface area (Å²) >= 11 is 0. The van der Waals surface area contributed by atoms with Crippen LogP contribution >= 0.6 is 0 Å². The normalized spacial score (nSPS) is 44.5. The summed E-state index contributed by atoms with van der Waals surface area (Å²) in [5.41, 5.74) is -1.36. The van der Waals surface area contributed by atoms with E-state index in [-0.39, 0.29) is 16.9 Å². The Bertz CT molecular complexity index is 1240. The van der Waals surface area contributed by atoms with Crippen molar-refractivity contribution in [3.63, 3.8) is 0 Å². The Labute approximate surface area is 226 Å². The summed E-state index contributed by atoms with van der Waals surface area (Å²) in [5.74, 6) is -3.51. The topological polar surface area (TPSA) is 214 Å². The number of fused-ring (bicyclic) bond motifs is 5. The molecule has 0 radical (unpaired) electrons. The van der Waals surface area contributed by atoms with Crippen LogP contribution in [0.25, 0.3) is 6.08 Å². The fraction of sp³-hybridized carbons (Fsp3) is 0.538. The predicted molar refractivity (Wildman–Crippen MR) is 126 cm³/mol. The minimum absolute atomic E-state index is 0.00990. The van der Waals surface area contributed by atoms with E-state index < -0.39 is 91.3 Å². The van der Waals surface area contributed by atoms with Gasteiger partial charge in [-0.3, -0.25) is 0 Å². The van der Waals surface area contributed by atoms with Gasteiger partial charge < -0.3 is 59.1 Å². The number of aliphatic hydroxyl groups excluding tert-OH is 5. The molecule has 0 amide bonds. The van der Waals surface area contributed by atoms with Crippen molar-refractivity contribution in [3.8, 4) is 5.75 Å². The maximum atomic E-state index is 13.1. The van der Waals surface area contributed by atoms with E-state index in [0.717, 1.165) is 6.26 Å². The highest BCUT2D eigenvalue weighted by atomic mass is 16.8. The molecule has 6 N–H and O–H groups in total. The van der Waals surface area contributed by atoms with Crippen molar-refractivity contribution in [2.75, 3.05) is 13.7 Å². The van der Waals surface area contributed by atoms with Crippen molar-refractivity contribution in [3.05, 3.63) is 47.2 Å². The number of rotatable bonds is 5. The van der Waals surface area contributed by atoms with Crippen LogP contribution in [0.4, 0.5) is 0 Å². The van der Waals surface area contributed by atoms with Gasteiger partial charge in [0.1, 0.15) is 42.4 Å². The molecule has 14 nitrogen and oxygen atoms in total. The summed E-state index contributed by atoms with van der Waals surface area (Å²) in [6, 6.07) is 5.89. The molecule has 4 fully saturated rings. The number of phenolic OH excluding ortho intramolecular Hbond substituents is 1. The van der Waals surface area contributed by atoms with E-state index in [0.29, 0.717) is 5.56 Å². The molecule has 1 aromatic rings. The molecule has 4 aliphatic heterocycles. The number of aliphatic hydroxyl groups is 5. The molecule has 4 heterocycles. The fourth-order valence-electron chi connectivity index (χ4n) is 6.20. The average Bonchev–Trinajstić information content (AvgIpc) is 3.65. The molecule has 1 aromatic carbocycles. The van der Waals surface area contributed by atoms with Crippen molar-refractivity contribution < 1.29 is 68.6 Å². The number of esters is 2. The first kappa shape index (κ1) is 27.1. The van der Waals surface area contributed by atoms with Gasteiger partial charge in [-0.05, 0) is 23.8 Å². The molecule has 0 aromatic heterocycles. The number of methoxy groups -OCH3 is 1. The molecule has 40 heavy (non-hydrogen) atoms. The van der Waals surface area contributed by atoms with Gasteiger partial charge in [0.2, 0.25) is 6.29 Å². The number of hydrogen-bond acceptors (Lipinski definition) is 14. The molecule has 3 unspecified atom stereocenters. The standard InChI is InChI=1S/C26H28O14/c1-35-22(33)12-8-36-24(39-25-18(31)17(30)16(29)13(7-27)37-25)15-14(12)19-21(38-19)26(15)20(32)11(23(34)40-26)6-9-2-4-10(28)5-3-9/h2-6,8,13-21,24-25,27-32H,7H2,1H3/b11-6+/t13-,14?,15?,16-,17+,18-,19+,20-,21+,24?,25+,26+/m1/s1. The number of carbonyl (C=O) groups is 2. The van der Waals surface area contributed by atoms with Crippen molar-refractivity contribution in [2.24, 2.45) is 11.8 Å². The van der Waals surface area contributed by atoms with Crippen LogP contribution in [-0.2, 0) is 38.0 Å². The van der Waals surface area contributed by atoms with Crippen LogP contribution in [-0.4, -0.2) is 117 Å². The monoisotopic (exact) mass is 564 g/mol. The van der Waals surface area contributed by atoms with Crippen molar-refractivity contribution in [2.45, 2.75) is 60.9 Å². The lowest BCUT2D eigenvalue weighted by Crippen LogP contribution is -2.62. The van der Waals surface area contributed by atoms with Gasteiger partial charge in [0.25, 0.3) is 0 Å². The molecule has 1 saturated carbocycles. The van der Waals surface area contributed by atoms with Crippen LogP contribution in [0.2, 0.25) is 0 Å². The smallest absolute Gasteiger partial charge is 0.337 e. The van der Waals surface area contributed by atoms with E-state index in [1.54, 1.807) is 0 Å². The maximum absolute atomic E-state index is 13.1. The molecule has 14 heteroatoms. The lowest BCUT2D eigenvalue weighted by atomic mass is 9.75. The third kappa shape index (κ3) is 3.94. The van der Waals surface area contributed by atoms with Crippen LogP contribution in [0.15, 0.2) is 41.7 Å². The second kappa shape index (κ2) is 9.78. The Morgan fingerprint density at radius 1 is 1.05 bits per heavy atom. The van der Waals surface area contributed by atoms with Gasteiger partial charge in [0, 0.05) is 5.92 Å². The van der Waals surface area contributed by atoms with E-state index in [2.05, 4.69) is 0 Å². The average molecular weight is 564 g/mol. The highest BCUT2D eigenvalue weighted by Crippen LogP contribution is 2.64. The number of benzene rings is 1. The molecular formula is C26H28O14. The van der Waals surface area contributed by atoms with E-state index in [9.17, 15) is 40.2 Å². The maximum Gasteiger partial charge on any atom is 0.337 e. The zero-order valence-corrected chi connectivity index (χ0v) is 21.0. The predicted octanol–water partition coefficient (Wildman–Crippen LogP) is -2.32. The third-order valence-electron chi connectivity index (χ3n) is 8.19. The van der Waals surface area contributed by atoms with Crippen molar-refractivity contribution >= 4 is 18.0 Å². The Balaban J connectivity index is 1.37. The largest absolute Gasteiger partial charge is 0.508 e. The first-order valence-corrected chi connectivity index (χ1v) is 12.6. The van der Waals surface area contributed by atoms with Crippen molar-refractivity contribution in [1.82, 2.24) is 0 Å². The van der Waals surface area contributed by atoms with E-state index in [1.807, 2.05) is 0 Å². The molecule has 3 saturated heterocycles. The van der Waals surface area contributed by atoms with E-state index in [4.69, 9.17) is 28.4 Å². The minimum Gasteiger partial charge on any atom is -0.508 e. The first-order chi connectivity index (χ1) is 19.1. The summed E-state index contributed by atoms with van der Waals surface area (Å²) in [6.07, 6.45) is -10.1. The zero-order valence-electron chi connectivity index (χ0n) is 21.0. The lowest BCUT2D eigenvalue weighted by molar-refractivity contribution is -0.350. The van der Waals surface area contributed by atoms with Crippen LogP contribution in [0, 0.1) is 11.8 Å². The van der Waals surface area contributed by atoms with Gasteiger partial charge in [-0.1, -0.05) is 12.1 Å². The number of epoxide rings is 1. The molecule has 1 aliphatic carbocycles. The summed E-state index contributed by atoms with van der Waals surface area (Å²) < 4.78 is 33.6. The second-order valence-electron chi connectivity index (χ2n) is 10.3. The summed E-state index contributed by atoms with van der Waals surface area (Å²) in [7, 11) is 1.17. The molecule has 1 spiro atoms. The molecule has 12 atom stereocenters. The second-order valence-corrected chi connectivity index (χ2v) is 10.3. The molecular weight excluding hydrogens is 536 g/mol. The van der Waals surface area contributed by atoms with E-state index >= 15 is 0 Å². The molecule has 6 rings (SSSR count). The fourth-order valence-corrected chi connectivity index (χ4v) is 6.20. The highest BCUT2D eigenvalue weighted by molar-refractivity contribution is 5.98. The molecule has 216 valence electrons. The summed E-state index contributed by atoms with van der Waals surface area (Å²) in [6.45, 7) is -0.696. The van der Waals surface area contributed by atoms with Crippen molar-refractivity contribution in [1.29, 1.82) is 0 Å². The minimum atomic E-state index is -1.79. The quantitative estimate of drug-likeness (QED) is 0.126. The number of aromatic hydroxyl groups is 1. The number of carbonyl (C=O) groups excluding carboxylic acids is 2. The van der Waals surface area contributed by atoms with Gasteiger partial charge in [-0.2, -0.15) is 0 Å². The third-order valence-corrected chi connectivity index (χ3v) is 8.19. The van der Waals surface area contributed by atoms with Gasteiger partial charge in [-0.15, -0.1) is 0 Å². The Morgan fingerprint density at radius 3 is 2.45 bits per heavy atom. The summed E-state index contributed by atoms with van der Waals surface area (Å²) in [4.78, 5) is 25.8. The van der Waals surface area contributed by atoms with Gasteiger partial charge in [0.15, 0.2) is 11.9 Å².